The molecular formula is C20H39IN6O2. The van der Waals surface area contributed by atoms with E-state index >= 15 is 0 Å². The first-order valence-electron chi connectivity index (χ1n) is 10.1. The van der Waals surface area contributed by atoms with Gasteiger partial charge in [-0.15, -0.1) is 24.0 Å². The van der Waals surface area contributed by atoms with E-state index in [0.29, 0.717) is 25.6 Å². The van der Waals surface area contributed by atoms with Crippen LogP contribution in [0.5, 0.6) is 0 Å². The fraction of sp³-hybridized carbons (Fsp3) is 0.750. The number of nitrogens with one attached hydrogen (secondary N) is 3. The monoisotopic (exact) mass is 522 g/mol. The summed E-state index contributed by atoms with van der Waals surface area (Å²) in [5.41, 5.74) is 1.75. The molecule has 1 amide bonds. The number of aromatic nitrogens is 2. The Morgan fingerprint density at radius 2 is 1.90 bits per heavy atom. The first kappa shape index (κ1) is 27.5. The third kappa shape index (κ3) is 12.6. The van der Waals surface area contributed by atoms with Gasteiger partial charge in [-0.3, -0.25) is 9.67 Å². The van der Waals surface area contributed by atoms with Gasteiger partial charge in [-0.1, -0.05) is 6.92 Å². The van der Waals surface area contributed by atoms with Gasteiger partial charge in [-0.25, -0.2) is 4.79 Å². The van der Waals surface area contributed by atoms with Gasteiger partial charge in [0, 0.05) is 38.4 Å². The molecule has 9 heteroatoms. The predicted octanol–water partition coefficient (Wildman–Crippen LogP) is 3.22. The van der Waals surface area contributed by atoms with Gasteiger partial charge in [-0.05, 0) is 59.9 Å². The van der Waals surface area contributed by atoms with Crippen LogP contribution in [-0.2, 0) is 11.3 Å². The zero-order valence-corrected chi connectivity index (χ0v) is 21.3. The highest BCUT2D eigenvalue weighted by Gasteiger charge is 2.15. The molecule has 29 heavy (non-hydrogen) atoms. The third-order valence-electron chi connectivity index (χ3n) is 3.81. The van der Waals surface area contributed by atoms with Gasteiger partial charge in [-0.2, -0.15) is 5.10 Å². The lowest BCUT2D eigenvalue weighted by atomic mass is 10.2. The molecule has 0 radical (unpaired) electrons. The average Bonchev–Trinajstić information content (AvgIpc) is 2.87. The average molecular weight is 522 g/mol. The highest BCUT2D eigenvalue weighted by atomic mass is 127. The molecule has 0 spiro atoms. The van der Waals surface area contributed by atoms with E-state index in [1.165, 1.54) is 5.69 Å². The van der Waals surface area contributed by atoms with Crippen LogP contribution in [0.25, 0.3) is 0 Å². The molecule has 0 bridgehead atoms. The Morgan fingerprint density at radius 3 is 2.45 bits per heavy atom. The summed E-state index contributed by atoms with van der Waals surface area (Å²) < 4.78 is 7.25. The standard InChI is InChI=1S/C20H38N6O2.HI/c1-8-21-18(22-10-9-11-23-19(27)28-20(5,6)7)24-13-15(2)14-26-17(4)12-16(3)25-26;/h12,15H,8-11,13-14H2,1-7H3,(H,23,27)(H2,21,22,24);1H. The van der Waals surface area contributed by atoms with Gasteiger partial charge in [0.1, 0.15) is 5.60 Å². The molecule has 1 heterocycles. The molecular weight excluding hydrogens is 483 g/mol. The number of ether oxygens (including phenoxy) is 1. The van der Waals surface area contributed by atoms with Crippen molar-refractivity contribution < 1.29 is 9.53 Å². The maximum Gasteiger partial charge on any atom is 0.407 e. The summed E-state index contributed by atoms with van der Waals surface area (Å²) >= 11 is 0. The van der Waals surface area contributed by atoms with Gasteiger partial charge in [0.25, 0.3) is 0 Å². The molecule has 1 aromatic rings. The summed E-state index contributed by atoms with van der Waals surface area (Å²) in [5.74, 6) is 1.17. The summed E-state index contributed by atoms with van der Waals surface area (Å²) in [6, 6.07) is 2.09. The van der Waals surface area contributed by atoms with Gasteiger partial charge < -0.3 is 20.7 Å². The highest BCUT2D eigenvalue weighted by molar-refractivity contribution is 14.0. The number of alkyl carbamates (subject to hydrolysis) is 1. The minimum absolute atomic E-state index is 0. The Balaban J connectivity index is 0.00000784. The minimum atomic E-state index is -0.475. The Morgan fingerprint density at radius 1 is 1.24 bits per heavy atom. The Labute approximate surface area is 192 Å². The van der Waals surface area contributed by atoms with Crippen molar-refractivity contribution in [2.45, 2.75) is 67.0 Å². The number of halogens is 1. The molecule has 1 aromatic heterocycles. The van der Waals surface area contributed by atoms with E-state index < -0.39 is 5.60 Å². The molecule has 0 fully saturated rings. The molecule has 0 saturated carbocycles. The lowest BCUT2D eigenvalue weighted by Crippen LogP contribution is -2.39. The van der Waals surface area contributed by atoms with Crippen LogP contribution in [0.4, 0.5) is 4.79 Å². The number of aryl methyl sites for hydroxylation is 2. The van der Waals surface area contributed by atoms with E-state index in [2.05, 4.69) is 46.0 Å². The van der Waals surface area contributed by atoms with Gasteiger partial charge in [0.05, 0.1) is 5.69 Å². The lowest BCUT2D eigenvalue weighted by Gasteiger charge is -2.19. The van der Waals surface area contributed by atoms with E-state index in [1.54, 1.807) is 0 Å². The van der Waals surface area contributed by atoms with Crippen LogP contribution >= 0.6 is 24.0 Å². The molecule has 1 unspecified atom stereocenters. The topological polar surface area (TPSA) is 92.6 Å². The summed E-state index contributed by atoms with van der Waals surface area (Å²) in [6.07, 6.45) is 0.399. The fourth-order valence-electron chi connectivity index (χ4n) is 2.60. The minimum Gasteiger partial charge on any atom is -0.444 e. The van der Waals surface area contributed by atoms with Gasteiger partial charge in [0.2, 0.25) is 0 Å². The third-order valence-corrected chi connectivity index (χ3v) is 3.81. The Kier molecular flexibility index (Phi) is 12.9. The van der Waals surface area contributed by atoms with Gasteiger partial charge >= 0.3 is 6.09 Å². The van der Waals surface area contributed by atoms with Crippen molar-refractivity contribution in [2.75, 3.05) is 26.2 Å². The largest absolute Gasteiger partial charge is 0.444 e. The molecule has 8 nitrogen and oxygen atoms in total. The SMILES string of the molecule is CCNC(=NCC(C)Cn1nc(C)cc1C)NCCCNC(=O)OC(C)(C)C.I. The van der Waals surface area contributed by atoms with Crippen LogP contribution in [0, 0.1) is 19.8 Å². The van der Waals surface area contributed by atoms with Crippen molar-refractivity contribution in [3.05, 3.63) is 17.5 Å². The molecule has 1 rings (SSSR count). The lowest BCUT2D eigenvalue weighted by molar-refractivity contribution is 0.0527. The number of amides is 1. The maximum absolute atomic E-state index is 11.6. The van der Waals surface area contributed by atoms with Crippen LogP contribution in [0.2, 0.25) is 0 Å². The number of hydrogen-bond acceptors (Lipinski definition) is 4. The van der Waals surface area contributed by atoms with E-state index in [4.69, 9.17) is 4.74 Å². The van der Waals surface area contributed by atoms with Crippen LogP contribution in [0.15, 0.2) is 11.1 Å². The number of carbonyl (C=O) groups is 1. The zero-order valence-electron chi connectivity index (χ0n) is 19.0. The smallest absolute Gasteiger partial charge is 0.407 e. The molecule has 0 aliphatic rings. The van der Waals surface area contributed by atoms with E-state index in [-0.39, 0.29) is 30.1 Å². The normalized spacial score (nSPS) is 12.7. The summed E-state index contributed by atoms with van der Waals surface area (Å²) in [6.45, 7) is 17.5. The molecule has 0 aromatic carbocycles. The molecule has 0 aliphatic heterocycles. The van der Waals surface area contributed by atoms with Crippen molar-refractivity contribution in [1.82, 2.24) is 25.7 Å². The first-order chi connectivity index (χ1) is 13.1. The highest BCUT2D eigenvalue weighted by Crippen LogP contribution is 2.07. The quantitative estimate of drug-likeness (QED) is 0.201. The number of aliphatic imine (C=N–C) groups is 1. The molecule has 0 saturated heterocycles. The predicted molar refractivity (Wildman–Crippen MR) is 129 cm³/mol. The molecule has 168 valence electrons. The Bertz CT molecular complexity index is 639. The number of rotatable bonds is 9. The second-order valence-electron chi connectivity index (χ2n) is 8.14. The number of nitrogens with zero attached hydrogens (tertiary/aromatic N) is 3. The second kappa shape index (κ2) is 13.7. The fourth-order valence-corrected chi connectivity index (χ4v) is 2.60. The first-order valence-corrected chi connectivity index (χ1v) is 10.1. The number of hydrogen-bond donors (Lipinski definition) is 3. The summed E-state index contributed by atoms with van der Waals surface area (Å²) in [7, 11) is 0. The van der Waals surface area contributed by atoms with Crippen LogP contribution in [0.3, 0.4) is 0 Å². The molecule has 3 N–H and O–H groups in total. The maximum atomic E-state index is 11.6. The van der Waals surface area contributed by atoms with E-state index in [0.717, 1.165) is 31.2 Å². The van der Waals surface area contributed by atoms with E-state index in [1.807, 2.05) is 39.3 Å². The number of guanidine groups is 1. The number of carbonyl (C=O) groups excluding carboxylic acids is 1. The summed E-state index contributed by atoms with van der Waals surface area (Å²) in [5, 5.41) is 13.8. The second-order valence-corrected chi connectivity index (χ2v) is 8.14. The van der Waals surface area contributed by atoms with Gasteiger partial charge in [0.15, 0.2) is 5.96 Å². The van der Waals surface area contributed by atoms with Crippen molar-refractivity contribution in [3.63, 3.8) is 0 Å². The zero-order chi connectivity index (χ0) is 21.2. The van der Waals surface area contributed by atoms with Crippen LogP contribution < -0.4 is 16.0 Å². The van der Waals surface area contributed by atoms with Crippen molar-refractivity contribution in [1.29, 1.82) is 0 Å². The van der Waals surface area contributed by atoms with Crippen LogP contribution in [0.1, 0.15) is 52.4 Å². The summed E-state index contributed by atoms with van der Waals surface area (Å²) in [4.78, 5) is 16.3. The van der Waals surface area contributed by atoms with Crippen molar-refractivity contribution >= 4 is 36.0 Å². The van der Waals surface area contributed by atoms with Crippen LogP contribution in [-0.4, -0.2) is 53.6 Å². The van der Waals surface area contributed by atoms with Crippen molar-refractivity contribution in [2.24, 2.45) is 10.9 Å². The Hall–Kier alpha value is -1.52. The van der Waals surface area contributed by atoms with E-state index in [9.17, 15) is 4.79 Å². The van der Waals surface area contributed by atoms with Crippen molar-refractivity contribution in [3.8, 4) is 0 Å². The molecule has 1 atom stereocenters. The molecule has 0 aliphatic carbocycles.